The molecule has 1 unspecified atom stereocenters. The average Bonchev–Trinajstić information content (AvgIpc) is 2.79. The monoisotopic (exact) mass is 434 g/mol. The number of rotatable bonds is 6. The Labute approximate surface area is 183 Å². The quantitative estimate of drug-likeness (QED) is 0.638. The maximum atomic E-state index is 13.5. The molecule has 4 rings (SSSR count). The summed E-state index contributed by atoms with van der Waals surface area (Å²) in [6.07, 6.45) is 0.707. The number of aryl methyl sites for hydroxylation is 1. The van der Waals surface area contributed by atoms with Crippen LogP contribution in [-0.4, -0.2) is 25.2 Å². The number of hydrogen-bond acceptors (Lipinski definition) is 3. The highest BCUT2D eigenvalue weighted by molar-refractivity contribution is 7.89. The van der Waals surface area contributed by atoms with Crippen molar-refractivity contribution in [2.45, 2.75) is 37.2 Å². The summed E-state index contributed by atoms with van der Waals surface area (Å²) in [5.41, 5.74) is 4.00. The molecule has 3 aromatic carbocycles. The Hall–Kier alpha value is -2.96. The molecule has 0 fully saturated rings. The van der Waals surface area contributed by atoms with E-state index in [4.69, 9.17) is 0 Å². The number of sulfonamides is 1. The van der Waals surface area contributed by atoms with E-state index in [-0.39, 0.29) is 17.2 Å². The van der Waals surface area contributed by atoms with Crippen molar-refractivity contribution in [3.8, 4) is 0 Å². The smallest absolute Gasteiger partial charge is 0.243 e. The Morgan fingerprint density at radius 3 is 2.39 bits per heavy atom. The third-order valence-electron chi connectivity index (χ3n) is 5.70. The second kappa shape index (κ2) is 9.04. The van der Waals surface area contributed by atoms with Gasteiger partial charge in [0.15, 0.2) is 0 Å². The zero-order valence-corrected chi connectivity index (χ0v) is 18.3. The average molecular weight is 435 g/mol. The third kappa shape index (κ3) is 4.70. The lowest BCUT2D eigenvalue weighted by Gasteiger charge is -2.36. The van der Waals surface area contributed by atoms with Crippen molar-refractivity contribution < 1.29 is 13.2 Å². The molecule has 0 saturated heterocycles. The van der Waals surface area contributed by atoms with Crippen molar-refractivity contribution >= 4 is 15.9 Å². The molecule has 0 spiro atoms. The fraction of sp³-hybridized carbons (Fsp3) is 0.240. The molecule has 3 aromatic rings. The summed E-state index contributed by atoms with van der Waals surface area (Å²) in [6.45, 7) is 2.69. The van der Waals surface area contributed by atoms with Crippen molar-refractivity contribution in [3.63, 3.8) is 0 Å². The normalized spacial score (nSPS) is 16.5. The van der Waals surface area contributed by atoms with E-state index in [1.165, 1.54) is 4.31 Å². The van der Waals surface area contributed by atoms with Gasteiger partial charge in [-0.2, -0.15) is 4.31 Å². The van der Waals surface area contributed by atoms with E-state index in [0.29, 0.717) is 19.5 Å². The third-order valence-corrected chi connectivity index (χ3v) is 7.62. The molecular formula is C25H26N2O3S. The number of fused-ring (bicyclic) bond motifs is 1. The molecular weight excluding hydrogens is 408 g/mol. The van der Waals surface area contributed by atoms with Crippen LogP contribution in [0.4, 0.5) is 0 Å². The van der Waals surface area contributed by atoms with Crippen LogP contribution in [-0.2, 0) is 27.8 Å². The first kappa shape index (κ1) is 21.3. The molecule has 1 N–H and O–H groups in total. The van der Waals surface area contributed by atoms with Crippen molar-refractivity contribution in [1.82, 2.24) is 9.62 Å². The molecule has 1 amide bonds. The van der Waals surface area contributed by atoms with Gasteiger partial charge in [-0.3, -0.25) is 4.79 Å². The van der Waals surface area contributed by atoms with E-state index in [0.717, 1.165) is 22.3 Å². The molecule has 31 heavy (non-hydrogen) atoms. The largest absolute Gasteiger partial charge is 0.352 e. The van der Waals surface area contributed by atoms with Crippen LogP contribution in [0.15, 0.2) is 83.8 Å². The van der Waals surface area contributed by atoms with Crippen LogP contribution in [0.1, 0.15) is 34.7 Å². The zero-order chi connectivity index (χ0) is 21.8. The minimum Gasteiger partial charge on any atom is -0.352 e. The minimum atomic E-state index is -3.73. The summed E-state index contributed by atoms with van der Waals surface area (Å²) in [5.74, 6) is -0.172. The van der Waals surface area contributed by atoms with E-state index in [9.17, 15) is 13.2 Å². The second-order valence-corrected chi connectivity index (χ2v) is 9.75. The Bertz CT molecular complexity index is 1160. The van der Waals surface area contributed by atoms with Gasteiger partial charge in [0.25, 0.3) is 0 Å². The molecule has 1 heterocycles. The predicted molar refractivity (Wildman–Crippen MR) is 121 cm³/mol. The fourth-order valence-corrected chi connectivity index (χ4v) is 5.62. The Kier molecular flexibility index (Phi) is 6.20. The van der Waals surface area contributed by atoms with Gasteiger partial charge in [0.2, 0.25) is 15.9 Å². The molecule has 1 atom stereocenters. The van der Waals surface area contributed by atoms with Crippen molar-refractivity contribution in [2.75, 3.05) is 6.54 Å². The first-order valence-corrected chi connectivity index (χ1v) is 11.9. The van der Waals surface area contributed by atoms with Gasteiger partial charge in [-0.15, -0.1) is 0 Å². The highest BCUT2D eigenvalue weighted by Gasteiger charge is 2.37. The SMILES string of the molecule is Cc1ccc(S(=O)(=O)N2CCc3ccccc3C2CC(=O)NCc2ccccc2)cc1. The fourth-order valence-electron chi connectivity index (χ4n) is 4.02. The molecule has 1 aliphatic heterocycles. The van der Waals surface area contributed by atoms with Gasteiger partial charge < -0.3 is 5.32 Å². The number of carbonyl (C=O) groups excluding carboxylic acids is 1. The second-order valence-electron chi connectivity index (χ2n) is 7.86. The number of hydrogen-bond donors (Lipinski definition) is 1. The molecule has 5 nitrogen and oxygen atoms in total. The molecule has 1 aliphatic rings. The first-order valence-electron chi connectivity index (χ1n) is 10.4. The van der Waals surface area contributed by atoms with E-state index < -0.39 is 16.1 Å². The highest BCUT2D eigenvalue weighted by Crippen LogP contribution is 2.36. The van der Waals surface area contributed by atoms with Gasteiger partial charge in [0, 0.05) is 19.5 Å². The maximum absolute atomic E-state index is 13.5. The molecule has 0 aliphatic carbocycles. The number of carbonyl (C=O) groups is 1. The van der Waals surface area contributed by atoms with Gasteiger partial charge in [-0.25, -0.2) is 8.42 Å². The van der Waals surface area contributed by atoms with Crippen LogP contribution in [0.3, 0.4) is 0 Å². The van der Waals surface area contributed by atoms with E-state index in [1.807, 2.05) is 61.5 Å². The molecule has 0 radical (unpaired) electrons. The molecule has 0 bridgehead atoms. The zero-order valence-electron chi connectivity index (χ0n) is 17.5. The summed E-state index contributed by atoms with van der Waals surface area (Å²) in [6, 6.07) is 23.8. The lowest BCUT2D eigenvalue weighted by Crippen LogP contribution is -2.42. The van der Waals surface area contributed by atoms with Gasteiger partial charge in [0.05, 0.1) is 10.9 Å². The first-order chi connectivity index (χ1) is 14.9. The lowest BCUT2D eigenvalue weighted by atomic mass is 9.92. The Morgan fingerprint density at radius 2 is 1.65 bits per heavy atom. The number of amides is 1. The minimum absolute atomic E-state index is 0.0783. The summed E-state index contributed by atoms with van der Waals surface area (Å²) in [7, 11) is -3.73. The number of nitrogens with one attached hydrogen (secondary N) is 1. The van der Waals surface area contributed by atoms with E-state index in [1.54, 1.807) is 24.3 Å². The summed E-state index contributed by atoms with van der Waals surface area (Å²) in [4.78, 5) is 13.1. The molecule has 6 heteroatoms. The van der Waals surface area contributed by atoms with Crippen LogP contribution in [0, 0.1) is 6.92 Å². The summed E-state index contributed by atoms with van der Waals surface area (Å²) in [5, 5.41) is 2.94. The number of nitrogens with zero attached hydrogens (tertiary/aromatic N) is 1. The topological polar surface area (TPSA) is 66.5 Å². The standard InChI is InChI=1S/C25H26N2O3S/c1-19-11-13-22(14-12-19)31(29,30)27-16-15-21-9-5-6-10-23(21)24(27)17-25(28)26-18-20-7-3-2-4-8-20/h2-14,24H,15-18H2,1H3,(H,26,28). The van der Waals surface area contributed by atoms with Crippen LogP contribution in [0.5, 0.6) is 0 Å². The lowest BCUT2D eigenvalue weighted by molar-refractivity contribution is -0.122. The highest BCUT2D eigenvalue weighted by atomic mass is 32.2. The maximum Gasteiger partial charge on any atom is 0.243 e. The van der Waals surface area contributed by atoms with Crippen molar-refractivity contribution in [3.05, 3.63) is 101 Å². The van der Waals surface area contributed by atoms with E-state index in [2.05, 4.69) is 5.32 Å². The van der Waals surface area contributed by atoms with Crippen LogP contribution >= 0.6 is 0 Å². The molecule has 160 valence electrons. The van der Waals surface area contributed by atoms with Crippen molar-refractivity contribution in [2.24, 2.45) is 0 Å². The summed E-state index contributed by atoms with van der Waals surface area (Å²) >= 11 is 0. The number of benzene rings is 3. The van der Waals surface area contributed by atoms with E-state index >= 15 is 0 Å². The van der Waals surface area contributed by atoms with Crippen LogP contribution < -0.4 is 5.32 Å². The van der Waals surface area contributed by atoms with Gasteiger partial charge in [-0.1, -0.05) is 72.3 Å². The predicted octanol–water partition coefficient (Wildman–Crippen LogP) is 3.99. The van der Waals surface area contributed by atoms with Crippen LogP contribution in [0.25, 0.3) is 0 Å². The van der Waals surface area contributed by atoms with Crippen LogP contribution in [0.2, 0.25) is 0 Å². The molecule has 0 aromatic heterocycles. The van der Waals surface area contributed by atoms with Crippen molar-refractivity contribution in [1.29, 1.82) is 0 Å². The Balaban J connectivity index is 1.60. The van der Waals surface area contributed by atoms with Gasteiger partial charge in [0.1, 0.15) is 0 Å². The Morgan fingerprint density at radius 1 is 0.968 bits per heavy atom. The van der Waals surface area contributed by atoms with Gasteiger partial charge in [-0.05, 0) is 42.2 Å². The summed E-state index contributed by atoms with van der Waals surface area (Å²) < 4.78 is 28.4. The molecule has 0 saturated carbocycles. The van der Waals surface area contributed by atoms with Gasteiger partial charge >= 0.3 is 0 Å².